The minimum Gasteiger partial charge on any atom is -0.478 e. The zero-order valence-corrected chi connectivity index (χ0v) is 14.1. The van der Waals surface area contributed by atoms with Crippen LogP contribution < -0.4 is 9.64 Å². The normalized spacial score (nSPS) is 17.0. The Labute approximate surface area is 142 Å². The maximum atomic E-state index is 5.74. The number of hydrogen-bond donors (Lipinski definition) is 0. The van der Waals surface area contributed by atoms with E-state index in [0.717, 1.165) is 50.5 Å². The Morgan fingerprint density at radius 1 is 1.25 bits per heavy atom. The third-order valence-corrected chi connectivity index (χ3v) is 4.04. The van der Waals surface area contributed by atoms with E-state index in [9.17, 15) is 0 Å². The first-order chi connectivity index (χ1) is 11.8. The molecule has 1 aliphatic rings. The number of anilines is 1. The van der Waals surface area contributed by atoms with Crippen molar-refractivity contribution in [3.8, 4) is 5.88 Å². The van der Waals surface area contributed by atoms with Crippen molar-refractivity contribution in [3.63, 3.8) is 0 Å². The summed E-state index contributed by atoms with van der Waals surface area (Å²) < 4.78 is 11.2. The Morgan fingerprint density at radius 3 is 2.88 bits per heavy atom. The summed E-state index contributed by atoms with van der Waals surface area (Å²) in [4.78, 5) is 15.2. The average Bonchev–Trinajstić information content (AvgIpc) is 3.13. The molecule has 0 unspecified atom stereocenters. The van der Waals surface area contributed by atoms with Crippen LogP contribution in [0.3, 0.4) is 0 Å². The number of nitrogens with zero attached hydrogens (tertiary/aromatic N) is 4. The van der Waals surface area contributed by atoms with Crippen LogP contribution in [0, 0.1) is 0 Å². The van der Waals surface area contributed by atoms with Crippen LogP contribution in [-0.4, -0.2) is 40.8 Å². The van der Waals surface area contributed by atoms with Crippen molar-refractivity contribution in [1.29, 1.82) is 0 Å². The second-order valence-electron chi connectivity index (χ2n) is 5.83. The molecule has 1 atom stereocenters. The van der Waals surface area contributed by atoms with Crippen LogP contribution in [-0.2, 0) is 11.3 Å². The smallest absolute Gasteiger partial charge is 0.225 e. The van der Waals surface area contributed by atoms with Gasteiger partial charge in [-0.1, -0.05) is 0 Å². The third-order valence-electron chi connectivity index (χ3n) is 4.04. The zero-order chi connectivity index (χ0) is 16.6. The summed E-state index contributed by atoms with van der Waals surface area (Å²) in [6.07, 6.45) is 8.99. The topological polar surface area (TPSA) is 60.4 Å². The largest absolute Gasteiger partial charge is 0.478 e. The van der Waals surface area contributed by atoms with Gasteiger partial charge in [0.25, 0.3) is 0 Å². The van der Waals surface area contributed by atoms with Crippen molar-refractivity contribution in [3.05, 3.63) is 42.4 Å². The molecule has 3 rings (SSSR count). The third kappa shape index (κ3) is 4.64. The fourth-order valence-electron chi connectivity index (χ4n) is 2.87. The fourth-order valence-corrected chi connectivity index (χ4v) is 2.87. The number of ether oxygens (including phenoxy) is 2. The summed E-state index contributed by atoms with van der Waals surface area (Å²) in [5, 5.41) is 0. The van der Waals surface area contributed by atoms with Crippen LogP contribution in [0.2, 0.25) is 0 Å². The van der Waals surface area contributed by atoms with Crippen LogP contribution >= 0.6 is 0 Å². The maximum absolute atomic E-state index is 5.74. The SMILES string of the molecule is CCOc1cc(CN(CC[C@H]2CCCO2)c2ncccn2)ccn1. The highest BCUT2D eigenvalue weighted by Gasteiger charge is 2.18. The first-order valence-electron chi connectivity index (χ1n) is 8.56. The molecule has 1 aliphatic heterocycles. The van der Waals surface area contributed by atoms with Crippen molar-refractivity contribution in [2.24, 2.45) is 0 Å². The Bertz CT molecular complexity index is 617. The van der Waals surface area contributed by atoms with E-state index >= 15 is 0 Å². The molecule has 128 valence electrons. The summed E-state index contributed by atoms with van der Waals surface area (Å²) in [6, 6.07) is 5.82. The van der Waals surface area contributed by atoms with Crippen LogP contribution in [0.1, 0.15) is 31.7 Å². The van der Waals surface area contributed by atoms with Gasteiger partial charge in [-0.3, -0.25) is 0 Å². The van der Waals surface area contributed by atoms with Gasteiger partial charge in [-0.15, -0.1) is 0 Å². The Balaban J connectivity index is 1.70. The van der Waals surface area contributed by atoms with Crippen LogP contribution in [0.4, 0.5) is 5.95 Å². The molecule has 0 saturated carbocycles. The van der Waals surface area contributed by atoms with Crippen LogP contribution in [0.15, 0.2) is 36.8 Å². The molecule has 0 N–H and O–H groups in total. The highest BCUT2D eigenvalue weighted by Crippen LogP contribution is 2.19. The van der Waals surface area contributed by atoms with Gasteiger partial charge in [0.1, 0.15) is 0 Å². The number of aromatic nitrogens is 3. The molecule has 24 heavy (non-hydrogen) atoms. The summed E-state index contributed by atoms with van der Waals surface area (Å²) in [6.45, 7) is 5.04. The molecule has 0 aromatic carbocycles. The molecule has 1 fully saturated rings. The summed E-state index contributed by atoms with van der Waals surface area (Å²) in [5.74, 6) is 1.40. The second-order valence-corrected chi connectivity index (χ2v) is 5.83. The van der Waals surface area contributed by atoms with Crippen LogP contribution in [0.25, 0.3) is 0 Å². The number of pyridine rings is 1. The van der Waals surface area contributed by atoms with Crippen molar-refractivity contribution >= 4 is 5.95 Å². The minimum atomic E-state index is 0.354. The first kappa shape index (κ1) is 16.6. The minimum absolute atomic E-state index is 0.354. The Kier molecular flexibility index (Phi) is 5.96. The quantitative estimate of drug-likeness (QED) is 0.742. The average molecular weight is 328 g/mol. The van der Waals surface area contributed by atoms with E-state index in [2.05, 4.69) is 19.9 Å². The van der Waals surface area contributed by atoms with E-state index in [1.54, 1.807) is 18.6 Å². The highest BCUT2D eigenvalue weighted by atomic mass is 16.5. The lowest BCUT2D eigenvalue weighted by Crippen LogP contribution is -2.28. The van der Waals surface area contributed by atoms with E-state index in [4.69, 9.17) is 9.47 Å². The molecule has 0 radical (unpaired) electrons. The van der Waals surface area contributed by atoms with Gasteiger partial charge in [0, 0.05) is 44.4 Å². The van der Waals surface area contributed by atoms with E-state index < -0.39 is 0 Å². The van der Waals surface area contributed by atoms with E-state index in [1.807, 2.05) is 25.1 Å². The summed E-state index contributed by atoms with van der Waals surface area (Å²) >= 11 is 0. The van der Waals surface area contributed by atoms with Gasteiger partial charge in [0.05, 0.1) is 12.7 Å². The number of hydrogen-bond acceptors (Lipinski definition) is 6. The summed E-state index contributed by atoms with van der Waals surface area (Å²) in [7, 11) is 0. The van der Waals surface area contributed by atoms with Crippen molar-refractivity contribution in [1.82, 2.24) is 15.0 Å². The van der Waals surface area contributed by atoms with E-state index in [1.165, 1.54) is 0 Å². The molecule has 0 bridgehead atoms. The van der Waals surface area contributed by atoms with Gasteiger partial charge < -0.3 is 14.4 Å². The summed E-state index contributed by atoms with van der Waals surface area (Å²) in [5.41, 5.74) is 1.13. The molecular weight excluding hydrogens is 304 g/mol. The molecular formula is C18H24N4O2. The molecule has 1 saturated heterocycles. The molecule has 6 nitrogen and oxygen atoms in total. The second kappa shape index (κ2) is 8.59. The fraction of sp³-hybridized carbons (Fsp3) is 0.500. The first-order valence-corrected chi connectivity index (χ1v) is 8.56. The van der Waals surface area contributed by atoms with Gasteiger partial charge in [0.2, 0.25) is 11.8 Å². The van der Waals surface area contributed by atoms with Crippen molar-refractivity contribution in [2.75, 3.05) is 24.7 Å². The zero-order valence-electron chi connectivity index (χ0n) is 14.1. The standard InChI is InChI=1S/C18H24N4O2/c1-2-23-17-13-15(6-10-19-17)14-22(18-20-8-4-9-21-18)11-7-16-5-3-12-24-16/h4,6,8-10,13,16H,2-3,5,7,11-12,14H2,1H3/t16-/m1/s1. The Morgan fingerprint density at radius 2 is 2.12 bits per heavy atom. The molecule has 2 aromatic rings. The molecule has 0 spiro atoms. The predicted octanol–water partition coefficient (Wildman–Crippen LogP) is 2.85. The lowest BCUT2D eigenvalue weighted by Gasteiger charge is -2.24. The van der Waals surface area contributed by atoms with Gasteiger partial charge in [0.15, 0.2) is 0 Å². The molecule has 2 aromatic heterocycles. The lowest BCUT2D eigenvalue weighted by atomic mass is 10.1. The molecule has 3 heterocycles. The monoisotopic (exact) mass is 328 g/mol. The van der Waals surface area contributed by atoms with Crippen molar-refractivity contribution in [2.45, 2.75) is 38.8 Å². The lowest BCUT2D eigenvalue weighted by molar-refractivity contribution is 0.105. The highest BCUT2D eigenvalue weighted by molar-refractivity contribution is 5.32. The number of rotatable bonds is 8. The van der Waals surface area contributed by atoms with Gasteiger partial charge in [-0.25, -0.2) is 15.0 Å². The molecule has 0 amide bonds. The predicted molar refractivity (Wildman–Crippen MR) is 92.1 cm³/mol. The molecule has 6 heteroatoms. The van der Waals surface area contributed by atoms with E-state index in [0.29, 0.717) is 18.6 Å². The molecule has 0 aliphatic carbocycles. The van der Waals surface area contributed by atoms with Gasteiger partial charge >= 0.3 is 0 Å². The Hall–Kier alpha value is -2.21. The van der Waals surface area contributed by atoms with Crippen LogP contribution in [0.5, 0.6) is 5.88 Å². The van der Waals surface area contributed by atoms with E-state index in [-0.39, 0.29) is 0 Å². The van der Waals surface area contributed by atoms with Crippen molar-refractivity contribution < 1.29 is 9.47 Å². The maximum Gasteiger partial charge on any atom is 0.225 e. The van der Waals surface area contributed by atoms with Gasteiger partial charge in [-0.2, -0.15) is 0 Å². The van der Waals surface area contributed by atoms with Gasteiger partial charge in [-0.05, 0) is 43.9 Å².